The largest absolute Gasteiger partial charge is 0.327 e. The van der Waals surface area contributed by atoms with Crippen LogP contribution in [0.1, 0.15) is 44.1 Å². The average molecular weight is 258 g/mol. The van der Waals surface area contributed by atoms with Crippen LogP contribution in [0.25, 0.3) is 0 Å². The second-order valence-corrected chi connectivity index (χ2v) is 6.37. The van der Waals surface area contributed by atoms with Crippen molar-refractivity contribution in [2.24, 2.45) is 11.7 Å². The Morgan fingerprint density at radius 2 is 1.95 bits per heavy atom. The lowest BCUT2D eigenvalue weighted by atomic mass is 9.87. The van der Waals surface area contributed by atoms with Gasteiger partial charge in [0, 0.05) is 25.2 Å². The molecule has 3 atom stereocenters. The quantitative estimate of drug-likeness (QED) is 0.899. The molecule has 1 aliphatic carbocycles. The maximum absolute atomic E-state index is 6.32. The van der Waals surface area contributed by atoms with Crippen molar-refractivity contribution in [3.8, 4) is 0 Å². The molecule has 2 aliphatic rings. The number of likely N-dealkylation sites (tertiary alicyclic amines) is 1. The lowest BCUT2D eigenvalue weighted by Crippen LogP contribution is -2.50. The van der Waals surface area contributed by atoms with E-state index in [2.05, 4.69) is 42.2 Å². The van der Waals surface area contributed by atoms with E-state index in [-0.39, 0.29) is 0 Å². The van der Waals surface area contributed by atoms with Gasteiger partial charge in [-0.3, -0.25) is 4.90 Å². The topological polar surface area (TPSA) is 29.3 Å². The fourth-order valence-electron chi connectivity index (χ4n) is 3.78. The van der Waals surface area contributed by atoms with Gasteiger partial charge < -0.3 is 5.73 Å². The molecule has 1 aromatic carbocycles. The molecule has 2 N–H and O–H groups in total. The minimum absolute atomic E-state index is 0.340. The van der Waals surface area contributed by atoms with Crippen molar-refractivity contribution < 1.29 is 0 Å². The summed E-state index contributed by atoms with van der Waals surface area (Å²) in [5, 5.41) is 0. The SMILES string of the molecule is CCC(C1CC1)N1CC(N)CC(c2ccccc2)C1. The van der Waals surface area contributed by atoms with Gasteiger partial charge in [-0.1, -0.05) is 37.3 Å². The third-order valence-electron chi connectivity index (χ3n) is 4.84. The second kappa shape index (κ2) is 5.64. The molecule has 3 unspecified atom stereocenters. The third-order valence-corrected chi connectivity index (χ3v) is 4.84. The van der Waals surface area contributed by atoms with E-state index in [0.717, 1.165) is 24.9 Å². The Morgan fingerprint density at radius 1 is 1.21 bits per heavy atom. The maximum atomic E-state index is 6.32. The Morgan fingerprint density at radius 3 is 2.58 bits per heavy atom. The predicted octanol–water partition coefficient (Wildman–Crippen LogP) is 2.99. The zero-order valence-corrected chi connectivity index (χ0v) is 12.0. The Balaban J connectivity index is 1.73. The molecule has 0 amide bonds. The van der Waals surface area contributed by atoms with Gasteiger partial charge in [0.05, 0.1) is 0 Å². The summed E-state index contributed by atoms with van der Waals surface area (Å²) in [6, 6.07) is 12.0. The first-order valence-electron chi connectivity index (χ1n) is 7.82. The van der Waals surface area contributed by atoms with Crippen LogP contribution in [0.5, 0.6) is 0 Å². The average Bonchev–Trinajstić information content (AvgIpc) is 3.25. The minimum Gasteiger partial charge on any atom is -0.327 e. The van der Waals surface area contributed by atoms with Gasteiger partial charge in [0.25, 0.3) is 0 Å². The van der Waals surface area contributed by atoms with Crippen LogP contribution < -0.4 is 5.73 Å². The van der Waals surface area contributed by atoms with Crippen LogP contribution in [0.4, 0.5) is 0 Å². The van der Waals surface area contributed by atoms with Gasteiger partial charge in [-0.25, -0.2) is 0 Å². The molecule has 0 spiro atoms. The van der Waals surface area contributed by atoms with E-state index < -0.39 is 0 Å². The molecule has 1 aliphatic heterocycles. The van der Waals surface area contributed by atoms with Gasteiger partial charge in [-0.2, -0.15) is 0 Å². The van der Waals surface area contributed by atoms with Crippen LogP contribution in [0.3, 0.4) is 0 Å². The van der Waals surface area contributed by atoms with Crippen molar-refractivity contribution in [2.45, 2.75) is 50.6 Å². The molecule has 0 radical (unpaired) electrons. The predicted molar refractivity (Wildman–Crippen MR) is 80.2 cm³/mol. The standard InChI is InChI=1S/C17H26N2/c1-2-17(14-8-9-14)19-11-15(10-16(18)12-19)13-6-4-3-5-7-13/h3-7,14-17H,2,8-12,18H2,1H3. The Bertz CT molecular complexity index is 399. The summed E-state index contributed by atoms with van der Waals surface area (Å²) in [4.78, 5) is 2.68. The molecule has 2 nitrogen and oxygen atoms in total. The molecule has 1 aromatic rings. The summed E-state index contributed by atoms with van der Waals surface area (Å²) in [6.45, 7) is 4.63. The van der Waals surface area contributed by atoms with Gasteiger partial charge in [0.2, 0.25) is 0 Å². The summed E-state index contributed by atoms with van der Waals surface area (Å²) >= 11 is 0. The molecule has 1 saturated heterocycles. The highest BCUT2D eigenvalue weighted by molar-refractivity contribution is 5.21. The van der Waals surface area contributed by atoms with E-state index in [0.29, 0.717) is 12.0 Å². The molecule has 3 rings (SSSR count). The smallest absolute Gasteiger partial charge is 0.0174 e. The number of piperidine rings is 1. The molecular weight excluding hydrogens is 232 g/mol. The molecule has 1 heterocycles. The lowest BCUT2D eigenvalue weighted by molar-refractivity contribution is 0.116. The molecule has 2 heteroatoms. The van der Waals surface area contributed by atoms with Gasteiger partial charge in [0.15, 0.2) is 0 Å². The summed E-state index contributed by atoms with van der Waals surface area (Å²) in [7, 11) is 0. The first-order chi connectivity index (χ1) is 9.28. The van der Waals surface area contributed by atoms with Crippen LogP contribution in [-0.2, 0) is 0 Å². The van der Waals surface area contributed by atoms with Gasteiger partial charge in [0.1, 0.15) is 0 Å². The monoisotopic (exact) mass is 258 g/mol. The first kappa shape index (κ1) is 13.1. The fraction of sp³-hybridized carbons (Fsp3) is 0.647. The van der Waals surface area contributed by atoms with Crippen molar-refractivity contribution >= 4 is 0 Å². The number of hydrogen-bond donors (Lipinski definition) is 1. The molecule has 19 heavy (non-hydrogen) atoms. The highest BCUT2D eigenvalue weighted by atomic mass is 15.2. The Hall–Kier alpha value is -0.860. The van der Waals surface area contributed by atoms with E-state index in [1.807, 2.05) is 0 Å². The van der Waals surface area contributed by atoms with Gasteiger partial charge in [-0.15, -0.1) is 0 Å². The summed E-state index contributed by atoms with van der Waals surface area (Å²) < 4.78 is 0. The van der Waals surface area contributed by atoms with Crippen molar-refractivity contribution in [1.82, 2.24) is 4.90 Å². The van der Waals surface area contributed by atoms with Crippen LogP contribution in [0, 0.1) is 5.92 Å². The number of nitrogens with zero attached hydrogens (tertiary/aromatic N) is 1. The zero-order chi connectivity index (χ0) is 13.2. The van der Waals surface area contributed by atoms with E-state index in [1.54, 1.807) is 0 Å². The minimum atomic E-state index is 0.340. The van der Waals surface area contributed by atoms with E-state index in [9.17, 15) is 0 Å². The summed E-state index contributed by atoms with van der Waals surface area (Å²) in [5.74, 6) is 1.57. The molecule has 0 bridgehead atoms. The van der Waals surface area contributed by atoms with Crippen molar-refractivity contribution in [2.75, 3.05) is 13.1 Å². The van der Waals surface area contributed by atoms with E-state index in [4.69, 9.17) is 5.73 Å². The second-order valence-electron chi connectivity index (χ2n) is 6.37. The van der Waals surface area contributed by atoms with Crippen LogP contribution in [0.15, 0.2) is 30.3 Å². The third kappa shape index (κ3) is 3.01. The van der Waals surface area contributed by atoms with Crippen LogP contribution >= 0.6 is 0 Å². The normalized spacial score (nSPS) is 30.2. The van der Waals surface area contributed by atoms with E-state index in [1.165, 1.54) is 31.4 Å². The van der Waals surface area contributed by atoms with E-state index >= 15 is 0 Å². The highest BCUT2D eigenvalue weighted by Gasteiger charge is 2.37. The molecular formula is C17H26N2. The Labute approximate surface area is 117 Å². The number of hydrogen-bond acceptors (Lipinski definition) is 2. The summed E-state index contributed by atoms with van der Waals surface area (Å²) in [5.41, 5.74) is 7.79. The number of nitrogens with two attached hydrogens (primary N) is 1. The molecule has 104 valence electrons. The number of benzene rings is 1. The Kier molecular flexibility index (Phi) is 3.90. The molecule has 0 aromatic heterocycles. The first-order valence-corrected chi connectivity index (χ1v) is 7.82. The lowest BCUT2D eigenvalue weighted by Gasteiger charge is -2.41. The van der Waals surface area contributed by atoms with Crippen molar-refractivity contribution in [3.05, 3.63) is 35.9 Å². The van der Waals surface area contributed by atoms with Crippen LogP contribution in [-0.4, -0.2) is 30.1 Å². The van der Waals surface area contributed by atoms with Crippen molar-refractivity contribution in [3.63, 3.8) is 0 Å². The molecule has 2 fully saturated rings. The van der Waals surface area contributed by atoms with Gasteiger partial charge >= 0.3 is 0 Å². The van der Waals surface area contributed by atoms with Crippen LogP contribution in [0.2, 0.25) is 0 Å². The highest BCUT2D eigenvalue weighted by Crippen LogP contribution is 2.39. The number of rotatable bonds is 4. The van der Waals surface area contributed by atoms with Crippen molar-refractivity contribution in [1.29, 1.82) is 0 Å². The van der Waals surface area contributed by atoms with Gasteiger partial charge in [-0.05, 0) is 43.1 Å². The maximum Gasteiger partial charge on any atom is 0.0174 e. The molecule has 1 saturated carbocycles. The zero-order valence-electron chi connectivity index (χ0n) is 12.0. The summed E-state index contributed by atoms with van der Waals surface area (Å²) in [6.07, 6.45) is 5.28. The fourth-order valence-corrected chi connectivity index (χ4v) is 3.78.